The molecule has 1 rings (SSSR count). The molecule has 0 heterocycles. The fourth-order valence-corrected chi connectivity index (χ4v) is 2.61. The van der Waals surface area contributed by atoms with Crippen molar-refractivity contribution in [2.24, 2.45) is 5.92 Å². The summed E-state index contributed by atoms with van der Waals surface area (Å²) in [6.45, 7) is 1.89. The van der Waals surface area contributed by atoms with Gasteiger partial charge in [-0.05, 0) is 36.5 Å². The third-order valence-electron chi connectivity index (χ3n) is 2.52. The molecule has 1 aromatic rings. The topological polar surface area (TPSA) is 37.3 Å². The minimum atomic E-state index is -0.786. The predicted molar refractivity (Wildman–Crippen MR) is 71.2 cm³/mol. The molecule has 2 nitrogen and oxygen atoms in total. The summed E-state index contributed by atoms with van der Waals surface area (Å²) in [6, 6.07) is 3.29. The maximum absolute atomic E-state index is 10.5. The summed E-state index contributed by atoms with van der Waals surface area (Å²) in [6.07, 6.45) is 1.54. The van der Waals surface area contributed by atoms with Crippen LogP contribution in [0.2, 0.25) is 15.1 Å². The third-order valence-corrected chi connectivity index (χ3v) is 3.41. The molecule has 17 heavy (non-hydrogen) atoms. The van der Waals surface area contributed by atoms with Crippen LogP contribution >= 0.6 is 34.8 Å². The second-order valence-corrected chi connectivity index (χ2v) is 5.34. The van der Waals surface area contributed by atoms with Crippen LogP contribution in [0.4, 0.5) is 0 Å². The normalized spacial score (nSPS) is 12.5. The van der Waals surface area contributed by atoms with Crippen LogP contribution in [0.15, 0.2) is 12.1 Å². The Kier molecular flexibility index (Phi) is 5.57. The molecule has 1 aromatic carbocycles. The summed E-state index contributed by atoms with van der Waals surface area (Å²) >= 11 is 17.9. The first-order valence-corrected chi connectivity index (χ1v) is 6.38. The molecule has 0 saturated carbocycles. The highest BCUT2D eigenvalue weighted by Crippen LogP contribution is 2.30. The zero-order valence-corrected chi connectivity index (χ0v) is 11.6. The molecule has 0 aliphatic heterocycles. The number of carboxylic acid groups (broad SMARTS) is 1. The Morgan fingerprint density at radius 1 is 1.29 bits per heavy atom. The fourth-order valence-electron chi connectivity index (χ4n) is 1.60. The van der Waals surface area contributed by atoms with Gasteiger partial charge in [0.15, 0.2) is 0 Å². The summed E-state index contributed by atoms with van der Waals surface area (Å²) in [5, 5.41) is 10.2. The Morgan fingerprint density at radius 3 is 2.29 bits per heavy atom. The van der Waals surface area contributed by atoms with Crippen molar-refractivity contribution in [1.29, 1.82) is 0 Å². The van der Waals surface area contributed by atoms with Gasteiger partial charge in [-0.3, -0.25) is 4.79 Å². The van der Waals surface area contributed by atoms with Crippen molar-refractivity contribution >= 4 is 40.8 Å². The van der Waals surface area contributed by atoms with Gasteiger partial charge in [0.05, 0.1) is 0 Å². The fraction of sp³-hybridized carbons (Fsp3) is 0.417. The van der Waals surface area contributed by atoms with Crippen molar-refractivity contribution in [2.45, 2.75) is 26.2 Å². The summed E-state index contributed by atoms with van der Waals surface area (Å²) in [5.74, 6) is -0.693. The number of rotatable bonds is 5. The SMILES string of the molecule is CC(CCc1c(Cl)cc(Cl)cc1Cl)CC(=O)O. The molecule has 1 atom stereocenters. The van der Waals surface area contributed by atoms with Crippen molar-refractivity contribution < 1.29 is 9.90 Å². The average molecular weight is 296 g/mol. The monoisotopic (exact) mass is 294 g/mol. The van der Waals surface area contributed by atoms with Crippen LogP contribution in [-0.2, 0) is 11.2 Å². The molecule has 5 heteroatoms. The maximum atomic E-state index is 10.5. The van der Waals surface area contributed by atoms with E-state index in [1.807, 2.05) is 6.92 Å². The Bertz CT molecular complexity index is 395. The minimum Gasteiger partial charge on any atom is -0.481 e. The average Bonchev–Trinajstić information content (AvgIpc) is 2.14. The molecule has 1 N–H and O–H groups in total. The van der Waals surface area contributed by atoms with Crippen LogP contribution in [0.1, 0.15) is 25.3 Å². The van der Waals surface area contributed by atoms with Gasteiger partial charge in [0.2, 0.25) is 0 Å². The van der Waals surface area contributed by atoms with Crippen molar-refractivity contribution in [3.63, 3.8) is 0 Å². The lowest BCUT2D eigenvalue weighted by Gasteiger charge is -2.11. The van der Waals surface area contributed by atoms with E-state index in [2.05, 4.69) is 0 Å². The van der Waals surface area contributed by atoms with Gasteiger partial charge in [0, 0.05) is 21.5 Å². The molecule has 0 radical (unpaired) electrons. The number of benzene rings is 1. The number of hydrogen-bond donors (Lipinski definition) is 1. The largest absolute Gasteiger partial charge is 0.481 e. The predicted octanol–water partition coefficient (Wildman–Crippen LogP) is 4.69. The first kappa shape index (κ1) is 14.6. The lowest BCUT2D eigenvalue weighted by Crippen LogP contribution is -2.05. The Balaban J connectivity index is 2.66. The van der Waals surface area contributed by atoms with E-state index < -0.39 is 5.97 Å². The maximum Gasteiger partial charge on any atom is 0.303 e. The molecule has 1 unspecified atom stereocenters. The minimum absolute atomic E-state index is 0.0929. The molecule has 0 saturated heterocycles. The number of carbonyl (C=O) groups is 1. The second kappa shape index (κ2) is 6.48. The Labute approximate surface area is 115 Å². The van der Waals surface area contributed by atoms with E-state index in [1.165, 1.54) is 0 Å². The lowest BCUT2D eigenvalue weighted by atomic mass is 9.98. The molecule has 0 bridgehead atoms. The van der Waals surface area contributed by atoms with Crippen LogP contribution in [0, 0.1) is 5.92 Å². The van der Waals surface area contributed by atoms with Crippen LogP contribution in [-0.4, -0.2) is 11.1 Å². The number of hydrogen-bond acceptors (Lipinski definition) is 1. The molecule has 0 aliphatic carbocycles. The molecular formula is C12H13Cl3O2. The summed E-state index contributed by atoms with van der Waals surface area (Å²) in [7, 11) is 0. The second-order valence-electron chi connectivity index (χ2n) is 4.09. The smallest absolute Gasteiger partial charge is 0.303 e. The molecular weight excluding hydrogens is 282 g/mol. The highest BCUT2D eigenvalue weighted by molar-refractivity contribution is 6.39. The van der Waals surface area contributed by atoms with Crippen molar-refractivity contribution in [3.8, 4) is 0 Å². The van der Waals surface area contributed by atoms with Gasteiger partial charge >= 0.3 is 5.97 Å². The zero-order valence-electron chi connectivity index (χ0n) is 9.34. The molecule has 0 amide bonds. The van der Waals surface area contributed by atoms with E-state index in [-0.39, 0.29) is 12.3 Å². The zero-order chi connectivity index (χ0) is 13.0. The van der Waals surface area contributed by atoms with Crippen LogP contribution < -0.4 is 0 Å². The molecule has 0 spiro atoms. The summed E-state index contributed by atoms with van der Waals surface area (Å²) in [5.41, 5.74) is 0.829. The first-order valence-electron chi connectivity index (χ1n) is 5.25. The Morgan fingerprint density at radius 2 is 1.82 bits per heavy atom. The van der Waals surface area contributed by atoms with Crippen LogP contribution in [0.3, 0.4) is 0 Å². The van der Waals surface area contributed by atoms with Gasteiger partial charge in [-0.15, -0.1) is 0 Å². The number of halogens is 3. The van der Waals surface area contributed by atoms with Crippen LogP contribution in [0.5, 0.6) is 0 Å². The molecule has 0 aromatic heterocycles. The lowest BCUT2D eigenvalue weighted by molar-refractivity contribution is -0.138. The quantitative estimate of drug-likeness (QED) is 0.855. The van der Waals surface area contributed by atoms with E-state index in [9.17, 15) is 4.79 Å². The van der Waals surface area contributed by atoms with Crippen LogP contribution in [0.25, 0.3) is 0 Å². The van der Waals surface area contributed by atoms with Crippen molar-refractivity contribution in [2.75, 3.05) is 0 Å². The van der Waals surface area contributed by atoms with Gasteiger partial charge in [-0.1, -0.05) is 41.7 Å². The van der Waals surface area contributed by atoms with E-state index in [4.69, 9.17) is 39.9 Å². The molecule has 0 fully saturated rings. The van der Waals surface area contributed by atoms with Gasteiger partial charge in [-0.2, -0.15) is 0 Å². The highest BCUT2D eigenvalue weighted by atomic mass is 35.5. The first-order chi connectivity index (χ1) is 7.90. The van der Waals surface area contributed by atoms with Gasteiger partial charge in [0.25, 0.3) is 0 Å². The summed E-state index contributed by atoms with van der Waals surface area (Å²) < 4.78 is 0. The molecule has 0 aliphatic rings. The van der Waals surface area contributed by atoms with E-state index in [0.29, 0.717) is 21.5 Å². The number of aliphatic carboxylic acids is 1. The van der Waals surface area contributed by atoms with Gasteiger partial charge in [-0.25, -0.2) is 0 Å². The van der Waals surface area contributed by atoms with E-state index >= 15 is 0 Å². The van der Waals surface area contributed by atoms with Crippen molar-refractivity contribution in [1.82, 2.24) is 0 Å². The standard InChI is InChI=1S/C12H13Cl3O2/c1-7(4-12(16)17)2-3-9-10(14)5-8(13)6-11(9)15/h5-7H,2-4H2,1H3,(H,16,17). The highest BCUT2D eigenvalue weighted by Gasteiger charge is 2.12. The summed E-state index contributed by atoms with van der Waals surface area (Å²) in [4.78, 5) is 10.5. The van der Waals surface area contributed by atoms with Gasteiger partial charge < -0.3 is 5.11 Å². The Hall–Kier alpha value is -0.440. The van der Waals surface area contributed by atoms with E-state index in [1.54, 1.807) is 12.1 Å². The van der Waals surface area contributed by atoms with E-state index in [0.717, 1.165) is 12.0 Å². The third kappa shape index (κ3) is 4.74. The van der Waals surface area contributed by atoms with Gasteiger partial charge in [0.1, 0.15) is 0 Å². The van der Waals surface area contributed by atoms with Crippen molar-refractivity contribution in [3.05, 3.63) is 32.8 Å². The molecule has 94 valence electrons. The number of carboxylic acids is 1.